The summed E-state index contributed by atoms with van der Waals surface area (Å²) in [4.78, 5) is 10.1. The van der Waals surface area contributed by atoms with Gasteiger partial charge in [0.1, 0.15) is 54.9 Å². The van der Waals surface area contributed by atoms with Gasteiger partial charge in [-0.2, -0.15) is 0 Å². The lowest BCUT2D eigenvalue weighted by molar-refractivity contribution is -0.355. The van der Waals surface area contributed by atoms with Crippen LogP contribution in [0.1, 0.15) is 20.3 Å². The van der Waals surface area contributed by atoms with Crippen molar-refractivity contribution < 1.29 is 65.0 Å². The quantitative estimate of drug-likeness (QED) is 0.166. The molecule has 0 aromatic rings. The molecule has 11 atom stereocenters. The zero-order valence-electron chi connectivity index (χ0n) is 17.8. The van der Waals surface area contributed by atoms with Crippen LogP contribution in [0.15, 0.2) is 0 Å². The lowest BCUT2D eigenvalue weighted by atomic mass is 9.97. The van der Waals surface area contributed by atoms with E-state index in [9.17, 15) is 40.5 Å². The number of aliphatic carboxylic acids is 1. The molecule has 1 unspecified atom stereocenters. The largest absolute Gasteiger partial charge is 0.480 e. The molecule has 0 amide bonds. The van der Waals surface area contributed by atoms with Crippen molar-refractivity contribution in [2.24, 2.45) is 11.7 Å². The first-order valence-corrected chi connectivity index (χ1v) is 10.1. The van der Waals surface area contributed by atoms with Gasteiger partial charge in [0.25, 0.3) is 0 Å². The molecule has 2 aliphatic rings. The van der Waals surface area contributed by atoms with Gasteiger partial charge in [-0.05, 0) is 12.3 Å². The Hall–Kier alpha value is -1.01. The maximum absolute atomic E-state index is 10.1. The van der Waals surface area contributed by atoms with E-state index < -0.39 is 86.6 Å². The molecule has 0 radical (unpaired) electrons. The van der Waals surface area contributed by atoms with Gasteiger partial charge in [-0.1, -0.05) is 13.8 Å². The van der Waals surface area contributed by atoms with Gasteiger partial charge in [-0.25, -0.2) is 0 Å². The highest BCUT2D eigenvalue weighted by molar-refractivity contribution is 5.72. The van der Waals surface area contributed by atoms with Crippen LogP contribution < -0.4 is 5.73 Å². The SMILES string of the molecule is CC(C)C[C@H](N)C(=O)O.OC[C@H]1O[C@@H](O[C@H]2[C@H](O)[C@@H](O)C(O)O[C@@H]2CO)[C@H](O)[C@@H](O)[C@H]1O. The lowest BCUT2D eigenvalue weighted by Crippen LogP contribution is -2.64. The topological polar surface area (TPSA) is 253 Å². The molecule has 2 heterocycles. The Bertz CT molecular complexity index is 563. The summed E-state index contributed by atoms with van der Waals surface area (Å²) in [5.74, 6) is -0.556. The van der Waals surface area contributed by atoms with Gasteiger partial charge in [0.05, 0.1) is 13.2 Å². The number of ether oxygens (including phenoxy) is 3. The van der Waals surface area contributed by atoms with Crippen molar-refractivity contribution >= 4 is 5.97 Å². The first-order valence-electron chi connectivity index (χ1n) is 10.1. The second kappa shape index (κ2) is 13.0. The van der Waals surface area contributed by atoms with Gasteiger partial charge >= 0.3 is 5.97 Å². The molecule has 0 saturated carbocycles. The van der Waals surface area contributed by atoms with Crippen molar-refractivity contribution in [2.45, 2.75) is 87.7 Å². The second-order valence-corrected chi connectivity index (χ2v) is 8.10. The molecule has 32 heavy (non-hydrogen) atoms. The summed E-state index contributed by atoms with van der Waals surface area (Å²) in [5, 5.41) is 84.8. The minimum atomic E-state index is -1.74. The molecular formula is C18H35NO13. The highest BCUT2D eigenvalue weighted by Crippen LogP contribution is 2.28. The monoisotopic (exact) mass is 473 g/mol. The van der Waals surface area contributed by atoms with E-state index in [4.69, 9.17) is 30.2 Å². The zero-order chi connectivity index (χ0) is 24.7. The Balaban J connectivity index is 0.000000482. The third-order valence-corrected chi connectivity index (χ3v) is 5.02. The van der Waals surface area contributed by atoms with Crippen LogP contribution in [0, 0.1) is 5.92 Å². The number of carbonyl (C=O) groups is 1. The molecular weight excluding hydrogens is 438 g/mol. The van der Waals surface area contributed by atoms with E-state index in [0.29, 0.717) is 12.3 Å². The second-order valence-electron chi connectivity index (χ2n) is 8.10. The van der Waals surface area contributed by atoms with Crippen molar-refractivity contribution in [1.29, 1.82) is 0 Å². The van der Waals surface area contributed by atoms with Gasteiger partial charge in [0.15, 0.2) is 12.6 Å². The minimum Gasteiger partial charge on any atom is -0.480 e. The normalized spacial score (nSPS) is 41.0. The number of aliphatic hydroxyl groups is 8. The van der Waals surface area contributed by atoms with Crippen molar-refractivity contribution in [2.75, 3.05) is 13.2 Å². The summed E-state index contributed by atoms with van der Waals surface area (Å²) in [5.41, 5.74) is 5.22. The van der Waals surface area contributed by atoms with Gasteiger partial charge in [0.2, 0.25) is 0 Å². The van der Waals surface area contributed by atoms with E-state index in [0.717, 1.165) is 0 Å². The molecule has 2 aliphatic heterocycles. The fourth-order valence-corrected chi connectivity index (χ4v) is 3.18. The summed E-state index contributed by atoms with van der Waals surface area (Å²) in [6, 6.07) is -0.690. The lowest BCUT2D eigenvalue weighted by Gasteiger charge is -2.45. The molecule has 0 aromatic carbocycles. The summed E-state index contributed by atoms with van der Waals surface area (Å²) in [6.07, 6.45) is -15.0. The van der Waals surface area contributed by atoms with Gasteiger partial charge < -0.3 is 65.9 Å². The highest BCUT2D eigenvalue weighted by atomic mass is 16.7. The summed E-state index contributed by atoms with van der Waals surface area (Å²) >= 11 is 0. The van der Waals surface area contributed by atoms with Gasteiger partial charge in [0, 0.05) is 0 Å². The molecule has 2 fully saturated rings. The fraction of sp³-hybridized carbons (Fsp3) is 0.944. The predicted molar refractivity (Wildman–Crippen MR) is 104 cm³/mol. The van der Waals surface area contributed by atoms with Crippen LogP contribution in [0.25, 0.3) is 0 Å². The molecule has 0 aliphatic carbocycles. The molecule has 0 spiro atoms. The number of carboxylic acids is 1. The van der Waals surface area contributed by atoms with Crippen LogP contribution in [0.5, 0.6) is 0 Å². The van der Waals surface area contributed by atoms with E-state index in [1.165, 1.54) is 0 Å². The molecule has 14 nitrogen and oxygen atoms in total. The van der Waals surface area contributed by atoms with Crippen molar-refractivity contribution in [3.05, 3.63) is 0 Å². The molecule has 0 aromatic heterocycles. The van der Waals surface area contributed by atoms with Crippen LogP contribution in [-0.4, -0.2) is 133 Å². The van der Waals surface area contributed by atoms with Gasteiger partial charge in [-0.3, -0.25) is 4.79 Å². The number of aliphatic hydroxyl groups excluding tert-OH is 8. The number of rotatable bonds is 7. The summed E-state index contributed by atoms with van der Waals surface area (Å²) < 4.78 is 15.3. The summed E-state index contributed by atoms with van der Waals surface area (Å²) in [6.45, 7) is 2.55. The molecule has 14 heteroatoms. The Morgan fingerprint density at radius 3 is 1.88 bits per heavy atom. The number of hydrogen-bond donors (Lipinski definition) is 10. The standard InChI is InChI=1S/C12H22O11.C6H13NO2/c13-1-3-5(15)6(16)9(19)12(22-3)23-10-4(2-14)21-11(20)8(18)7(10)17;1-4(2)3-5(7)6(8)9/h3-20H,1-2H2;4-5H,3,7H2,1-2H3,(H,8,9)/t3-,4-,5+,6+,7-,8-,9-,10-,11?,12+;5-/m10/s1. The average Bonchev–Trinajstić information content (AvgIpc) is 2.73. The zero-order valence-corrected chi connectivity index (χ0v) is 17.8. The van der Waals surface area contributed by atoms with Crippen molar-refractivity contribution in [3.8, 4) is 0 Å². The Labute approximate surface area is 184 Å². The molecule has 2 saturated heterocycles. The van der Waals surface area contributed by atoms with Crippen LogP contribution in [-0.2, 0) is 19.0 Å². The highest BCUT2D eigenvalue weighted by Gasteiger charge is 2.50. The maximum atomic E-state index is 10.1. The van der Waals surface area contributed by atoms with Crippen LogP contribution in [0.4, 0.5) is 0 Å². The van der Waals surface area contributed by atoms with Crippen molar-refractivity contribution in [1.82, 2.24) is 0 Å². The summed E-state index contributed by atoms with van der Waals surface area (Å²) in [7, 11) is 0. The molecule has 11 N–H and O–H groups in total. The molecule has 2 rings (SSSR count). The first kappa shape index (κ1) is 29.0. The average molecular weight is 473 g/mol. The Kier molecular flexibility index (Phi) is 11.8. The third-order valence-electron chi connectivity index (χ3n) is 5.02. The molecule has 190 valence electrons. The van der Waals surface area contributed by atoms with E-state index in [1.807, 2.05) is 13.8 Å². The fourth-order valence-electron chi connectivity index (χ4n) is 3.18. The number of hydrogen-bond acceptors (Lipinski definition) is 13. The van der Waals surface area contributed by atoms with E-state index >= 15 is 0 Å². The smallest absolute Gasteiger partial charge is 0.320 e. The Morgan fingerprint density at radius 1 is 0.875 bits per heavy atom. The van der Waals surface area contributed by atoms with Crippen LogP contribution in [0.2, 0.25) is 0 Å². The van der Waals surface area contributed by atoms with Crippen LogP contribution >= 0.6 is 0 Å². The predicted octanol–water partition coefficient (Wildman–Crippen LogP) is -4.95. The van der Waals surface area contributed by atoms with Crippen molar-refractivity contribution in [3.63, 3.8) is 0 Å². The van der Waals surface area contributed by atoms with Crippen LogP contribution in [0.3, 0.4) is 0 Å². The van der Waals surface area contributed by atoms with E-state index in [-0.39, 0.29) is 0 Å². The van der Waals surface area contributed by atoms with E-state index in [2.05, 4.69) is 0 Å². The first-order chi connectivity index (χ1) is 14.8. The third kappa shape index (κ3) is 7.51. The van der Waals surface area contributed by atoms with E-state index in [1.54, 1.807) is 0 Å². The number of carboxylic acid groups (broad SMARTS) is 1. The minimum absolute atomic E-state index is 0.357. The molecule has 0 bridgehead atoms. The van der Waals surface area contributed by atoms with Gasteiger partial charge in [-0.15, -0.1) is 0 Å². The Morgan fingerprint density at radius 2 is 1.44 bits per heavy atom. The number of nitrogens with two attached hydrogens (primary N) is 1. The maximum Gasteiger partial charge on any atom is 0.320 e.